The van der Waals surface area contributed by atoms with Gasteiger partial charge in [-0.15, -0.1) is 0 Å². The molecule has 6 heteroatoms. The summed E-state index contributed by atoms with van der Waals surface area (Å²) >= 11 is -2.61. The normalized spacial score (nSPS) is 10.6. The van der Waals surface area contributed by atoms with Crippen LogP contribution in [0.15, 0.2) is 0 Å². The standard InChI is InChI=1S/C24H50O.Na.H2O3S.H/c1-3-5-7-9-11-13-15-17-19-21-23-25-24-22-20-18-16-14-12-10-8-6-4-2;;1-4(2)3;/h3-24H2,1-2H3;;(H2,1,2,3);/q;+1;;-1. The van der Waals surface area contributed by atoms with Gasteiger partial charge < -0.3 is 6.16 Å². The van der Waals surface area contributed by atoms with E-state index in [0.717, 1.165) is 13.2 Å². The van der Waals surface area contributed by atoms with Crippen molar-refractivity contribution >= 4 is 11.4 Å². The van der Waals surface area contributed by atoms with Gasteiger partial charge in [0.25, 0.3) is 11.4 Å². The molecule has 0 radical (unpaired) electrons. The smallest absolute Gasteiger partial charge is 1.00 e. The van der Waals surface area contributed by atoms with E-state index in [-0.39, 0.29) is 31.0 Å². The van der Waals surface area contributed by atoms with Gasteiger partial charge in [0.15, 0.2) is 0 Å². The van der Waals surface area contributed by atoms with E-state index < -0.39 is 11.4 Å². The Bertz CT molecular complexity index is 287. The summed E-state index contributed by atoms with van der Waals surface area (Å²) in [7, 11) is 0. The summed E-state index contributed by atoms with van der Waals surface area (Å²) in [5.74, 6) is 0. The van der Waals surface area contributed by atoms with Crippen LogP contribution >= 0.6 is 0 Å². The van der Waals surface area contributed by atoms with E-state index in [2.05, 4.69) is 13.8 Å². The van der Waals surface area contributed by atoms with Crippen LogP contribution in [0.25, 0.3) is 0 Å². The second kappa shape index (κ2) is 34.6. The molecule has 0 fully saturated rings. The zero-order chi connectivity index (χ0) is 21.8. The predicted molar refractivity (Wildman–Crippen MR) is 129 cm³/mol. The third-order valence-corrected chi connectivity index (χ3v) is 5.28. The summed E-state index contributed by atoms with van der Waals surface area (Å²) in [6, 6.07) is 0. The van der Waals surface area contributed by atoms with Crippen LogP contribution in [-0.4, -0.2) is 26.5 Å². The van der Waals surface area contributed by atoms with Gasteiger partial charge in [-0.1, -0.05) is 129 Å². The first-order valence-electron chi connectivity index (χ1n) is 12.5. The molecule has 180 valence electrons. The van der Waals surface area contributed by atoms with Gasteiger partial charge in [0.2, 0.25) is 0 Å². The molecule has 0 amide bonds. The van der Waals surface area contributed by atoms with E-state index in [1.54, 1.807) is 0 Å². The molecule has 0 unspecified atom stereocenters. The van der Waals surface area contributed by atoms with E-state index in [9.17, 15) is 0 Å². The van der Waals surface area contributed by atoms with Crippen LogP contribution in [0.5, 0.6) is 0 Å². The first-order chi connectivity index (χ1) is 14.1. The van der Waals surface area contributed by atoms with Gasteiger partial charge in [-0.25, -0.2) is 0 Å². The first kappa shape index (κ1) is 35.6. The van der Waals surface area contributed by atoms with Crippen molar-refractivity contribution in [3.63, 3.8) is 0 Å². The van der Waals surface area contributed by atoms with E-state index in [4.69, 9.17) is 18.1 Å². The zero-order valence-corrected chi connectivity index (χ0v) is 23.5. The van der Waals surface area contributed by atoms with E-state index in [1.807, 2.05) is 0 Å². The molecule has 0 aliphatic rings. The van der Waals surface area contributed by atoms with E-state index >= 15 is 0 Å². The van der Waals surface area contributed by atoms with Crippen LogP contribution in [0.1, 0.15) is 144 Å². The molecule has 2 N–H and O–H groups in total. The van der Waals surface area contributed by atoms with Crippen LogP contribution in [0.4, 0.5) is 0 Å². The minimum Gasteiger partial charge on any atom is -1.00 e. The summed E-state index contributed by atoms with van der Waals surface area (Å²) in [5.41, 5.74) is 0. The second-order valence-electron chi connectivity index (χ2n) is 8.21. The second-order valence-corrected chi connectivity index (χ2v) is 8.67. The number of rotatable bonds is 22. The van der Waals surface area contributed by atoms with Crippen LogP contribution in [0.3, 0.4) is 0 Å². The van der Waals surface area contributed by atoms with E-state index in [1.165, 1.54) is 128 Å². The van der Waals surface area contributed by atoms with Crippen molar-refractivity contribution in [2.45, 2.75) is 142 Å². The maximum Gasteiger partial charge on any atom is 1.00 e. The summed E-state index contributed by atoms with van der Waals surface area (Å²) < 4.78 is 28.6. The van der Waals surface area contributed by atoms with Crippen molar-refractivity contribution in [2.75, 3.05) is 13.2 Å². The molecule has 0 aromatic carbocycles. The van der Waals surface area contributed by atoms with Gasteiger partial charge >= 0.3 is 29.6 Å². The molecule has 0 rings (SSSR count). The molecule has 0 spiro atoms. The third-order valence-electron chi connectivity index (χ3n) is 5.28. The Morgan fingerprint density at radius 1 is 0.533 bits per heavy atom. The number of hydrogen-bond acceptors (Lipinski definition) is 2. The Morgan fingerprint density at radius 2 is 0.733 bits per heavy atom. The zero-order valence-electron chi connectivity index (χ0n) is 21.7. The molecule has 0 aromatic rings. The van der Waals surface area contributed by atoms with Crippen molar-refractivity contribution < 1.29 is 49.0 Å². The van der Waals surface area contributed by atoms with Crippen molar-refractivity contribution in [1.82, 2.24) is 0 Å². The number of ether oxygens (including phenoxy) is 1. The van der Waals surface area contributed by atoms with Gasteiger partial charge in [-0.2, -0.15) is 4.21 Å². The average Bonchev–Trinajstić information content (AvgIpc) is 2.69. The fourth-order valence-corrected chi connectivity index (χ4v) is 3.49. The predicted octanol–water partition coefficient (Wildman–Crippen LogP) is 5.64. The average molecular weight is 461 g/mol. The first-order valence-corrected chi connectivity index (χ1v) is 13.6. The minimum atomic E-state index is -2.61. The van der Waals surface area contributed by atoms with Crippen molar-refractivity contribution in [2.24, 2.45) is 0 Å². The van der Waals surface area contributed by atoms with Crippen LogP contribution < -0.4 is 29.6 Å². The molecule has 0 aliphatic heterocycles. The van der Waals surface area contributed by atoms with Crippen molar-refractivity contribution in [3.8, 4) is 0 Å². The fourth-order valence-electron chi connectivity index (χ4n) is 3.49. The molecule has 30 heavy (non-hydrogen) atoms. The Morgan fingerprint density at radius 3 is 0.967 bits per heavy atom. The molecule has 0 saturated heterocycles. The maximum absolute atomic E-state index is 8.67. The third kappa shape index (κ3) is 43.0. The largest absolute Gasteiger partial charge is 1.00 e. The minimum absolute atomic E-state index is 0. The van der Waals surface area contributed by atoms with Gasteiger partial charge in [-0.05, 0) is 12.8 Å². The Balaban J connectivity index is -0.000000555. The summed E-state index contributed by atoms with van der Waals surface area (Å²) in [5, 5.41) is 0. The maximum atomic E-state index is 8.67. The summed E-state index contributed by atoms with van der Waals surface area (Å²) in [6.45, 7) is 6.57. The molecule has 0 atom stereocenters. The Hall–Kier alpha value is 1.03. The molecule has 0 bridgehead atoms. The SMILES string of the molecule is CCCCCCCCCCCCOCCCCCCCCCCCC.O=S(O)O.[H-].[Na+]. The number of hydrogen-bond donors (Lipinski definition) is 2. The van der Waals surface area contributed by atoms with Crippen LogP contribution in [0, 0.1) is 0 Å². The molecule has 0 aliphatic carbocycles. The Kier molecular flexibility index (Phi) is 41.1. The number of unbranched alkanes of at least 4 members (excludes halogenated alkanes) is 18. The quantitative estimate of drug-likeness (QED) is 0.125. The molecule has 4 nitrogen and oxygen atoms in total. The molecular formula is C24H53NaO4S. The summed E-state index contributed by atoms with van der Waals surface area (Å²) in [6.07, 6.45) is 28.2. The summed E-state index contributed by atoms with van der Waals surface area (Å²) in [4.78, 5) is 0. The van der Waals surface area contributed by atoms with Gasteiger partial charge in [0.1, 0.15) is 0 Å². The van der Waals surface area contributed by atoms with E-state index in [0.29, 0.717) is 0 Å². The Labute approximate surface area is 215 Å². The molecule has 0 saturated carbocycles. The van der Waals surface area contributed by atoms with Crippen molar-refractivity contribution in [1.29, 1.82) is 0 Å². The topological polar surface area (TPSA) is 66.8 Å². The van der Waals surface area contributed by atoms with Gasteiger partial charge in [-0.3, -0.25) is 9.11 Å². The molecular weight excluding hydrogens is 407 g/mol. The van der Waals surface area contributed by atoms with Crippen molar-refractivity contribution in [3.05, 3.63) is 0 Å². The van der Waals surface area contributed by atoms with Gasteiger partial charge in [0, 0.05) is 13.2 Å². The van der Waals surface area contributed by atoms with Gasteiger partial charge in [0.05, 0.1) is 0 Å². The molecule has 0 heterocycles. The fraction of sp³-hybridized carbons (Fsp3) is 1.00. The molecule has 0 aromatic heterocycles. The van der Waals surface area contributed by atoms with Crippen LogP contribution in [0.2, 0.25) is 0 Å². The monoisotopic (exact) mass is 460 g/mol. The van der Waals surface area contributed by atoms with Crippen LogP contribution in [-0.2, 0) is 16.1 Å².